The minimum Gasteiger partial charge on any atom is -0.374 e. The normalized spacial score (nSPS) is 15.6. The summed E-state index contributed by atoms with van der Waals surface area (Å²) in [5.74, 6) is 0.453. The molecule has 0 aliphatic heterocycles. The first-order valence-corrected chi connectivity index (χ1v) is 5.71. The van der Waals surface area contributed by atoms with E-state index in [9.17, 15) is 8.78 Å². The molecule has 0 heterocycles. The van der Waals surface area contributed by atoms with Crippen molar-refractivity contribution in [2.24, 2.45) is 5.92 Å². The molecule has 0 aromatic carbocycles. The highest BCUT2D eigenvalue weighted by Crippen LogP contribution is 2.08. The first kappa shape index (κ1) is 14.8. The van der Waals surface area contributed by atoms with Crippen LogP contribution in [0, 0.1) is 5.92 Å². The van der Waals surface area contributed by atoms with E-state index in [1.54, 1.807) is 0 Å². The molecule has 0 radical (unpaired) electrons. The van der Waals surface area contributed by atoms with Gasteiger partial charge in [-0.15, -0.1) is 0 Å². The maximum Gasteiger partial charge on any atom is 0.261 e. The first-order chi connectivity index (χ1) is 7.11. The molecule has 0 fully saturated rings. The van der Waals surface area contributed by atoms with Crippen molar-refractivity contribution in [3.63, 3.8) is 0 Å². The third-order valence-electron chi connectivity index (χ3n) is 2.53. The number of halogens is 2. The van der Waals surface area contributed by atoms with Gasteiger partial charge in [-0.25, -0.2) is 8.78 Å². The van der Waals surface area contributed by atoms with E-state index >= 15 is 0 Å². The van der Waals surface area contributed by atoms with E-state index in [0.29, 0.717) is 12.5 Å². The predicted molar refractivity (Wildman–Crippen MR) is 58.4 cm³/mol. The summed E-state index contributed by atoms with van der Waals surface area (Å²) in [5.41, 5.74) is 0. The van der Waals surface area contributed by atoms with Crippen molar-refractivity contribution in [1.29, 1.82) is 0 Å². The topological polar surface area (TPSA) is 21.3 Å². The van der Waals surface area contributed by atoms with Crippen LogP contribution in [0.4, 0.5) is 8.78 Å². The van der Waals surface area contributed by atoms with E-state index in [1.807, 2.05) is 0 Å². The SMILES string of the molecule is CCCNC(COCC(F)F)C(C)CC. The van der Waals surface area contributed by atoms with E-state index in [1.165, 1.54) is 0 Å². The molecule has 2 nitrogen and oxygen atoms in total. The van der Waals surface area contributed by atoms with Crippen molar-refractivity contribution in [1.82, 2.24) is 5.32 Å². The molecule has 15 heavy (non-hydrogen) atoms. The van der Waals surface area contributed by atoms with E-state index in [4.69, 9.17) is 4.74 Å². The van der Waals surface area contributed by atoms with Gasteiger partial charge in [0.25, 0.3) is 6.43 Å². The molecule has 0 aromatic rings. The van der Waals surface area contributed by atoms with Gasteiger partial charge < -0.3 is 10.1 Å². The first-order valence-electron chi connectivity index (χ1n) is 5.71. The molecular weight excluding hydrogens is 200 g/mol. The van der Waals surface area contributed by atoms with Crippen LogP contribution in [0.5, 0.6) is 0 Å². The van der Waals surface area contributed by atoms with Gasteiger partial charge in [0, 0.05) is 6.04 Å². The molecule has 0 bridgehead atoms. The van der Waals surface area contributed by atoms with Gasteiger partial charge in [-0.3, -0.25) is 0 Å². The van der Waals surface area contributed by atoms with Crippen LogP contribution in [-0.2, 0) is 4.74 Å². The van der Waals surface area contributed by atoms with Crippen molar-refractivity contribution in [3.05, 3.63) is 0 Å². The molecule has 0 spiro atoms. The van der Waals surface area contributed by atoms with Crippen LogP contribution >= 0.6 is 0 Å². The third kappa shape index (κ3) is 7.68. The largest absolute Gasteiger partial charge is 0.374 e. The third-order valence-corrected chi connectivity index (χ3v) is 2.53. The number of nitrogens with one attached hydrogen (secondary N) is 1. The Balaban J connectivity index is 3.79. The summed E-state index contributed by atoms with van der Waals surface area (Å²) < 4.78 is 28.7. The molecule has 92 valence electrons. The molecular formula is C11H23F2NO. The fourth-order valence-electron chi connectivity index (χ4n) is 1.32. The average molecular weight is 223 g/mol. The van der Waals surface area contributed by atoms with Crippen LogP contribution in [0.1, 0.15) is 33.6 Å². The van der Waals surface area contributed by atoms with Gasteiger partial charge in [0.1, 0.15) is 6.61 Å². The lowest BCUT2D eigenvalue weighted by Crippen LogP contribution is -2.39. The highest BCUT2D eigenvalue weighted by atomic mass is 19.3. The summed E-state index contributed by atoms with van der Waals surface area (Å²) in [7, 11) is 0. The molecule has 0 rings (SSSR count). The smallest absolute Gasteiger partial charge is 0.261 e. The van der Waals surface area contributed by atoms with Crippen molar-refractivity contribution in [3.8, 4) is 0 Å². The molecule has 1 N–H and O–H groups in total. The van der Waals surface area contributed by atoms with Crippen LogP contribution < -0.4 is 5.32 Å². The van der Waals surface area contributed by atoms with E-state index < -0.39 is 13.0 Å². The molecule has 0 saturated carbocycles. The molecule has 0 saturated heterocycles. The summed E-state index contributed by atoms with van der Waals surface area (Å²) in [6.45, 7) is 7.12. The number of rotatable bonds is 9. The second-order valence-corrected chi connectivity index (χ2v) is 3.87. The Labute approximate surface area is 91.4 Å². The standard InChI is InChI=1S/C11H23F2NO/c1-4-6-14-10(9(3)5-2)7-15-8-11(12)13/h9-11,14H,4-8H2,1-3H3. The van der Waals surface area contributed by atoms with Crippen LogP contribution in [0.25, 0.3) is 0 Å². The van der Waals surface area contributed by atoms with E-state index in [0.717, 1.165) is 19.4 Å². The van der Waals surface area contributed by atoms with Crippen molar-refractivity contribution in [2.75, 3.05) is 19.8 Å². The van der Waals surface area contributed by atoms with Crippen LogP contribution in [-0.4, -0.2) is 32.2 Å². The van der Waals surface area contributed by atoms with Crippen LogP contribution in [0.15, 0.2) is 0 Å². The van der Waals surface area contributed by atoms with Gasteiger partial charge in [0.2, 0.25) is 0 Å². The highest BCUT2D eigenvalue weighted by molar-refractivity contribution is 4.71. The van der Waals surface area contributed by atoms with Gasteiger partial charge in [0.15, 0.2) is 0 Å². The minimum absolute atomic E-state index is 0.189. The average Bonchev–Trinajstić information content (AvgIpc) is 2.21. The van der Waals surface area contributed by atoms with E-state index in [2.05, 4.69) is 26.1 Å². The number of alkyl halides is 2. The lowest BCUT2D eigenvalue weighted by Gasteiger charge is -2.24. The fraction of sp³-hybridized carbons (Fsp3) is 1.00. The zero-order valence-corrected chi connectivity index (χ0v) is 9.93. The molecule has 0 aliphatic carbocycles. The molecule has 2 atom stereocenters. The highest BCUT2D eigenvalue weighted by Gasteiger charge is 2.15. The molecule has 0 aliphatic rings. The maximum absolute atomic E-state index is 11.9. The van der Waals surface area contributed by atoms with E-state index in [-0.39, 0.29) is 6.04 Å². The van der Waals surface area contributed by atoms with Gasteiger partial charge in [-0.1, -0.05) is 27.2 Å². The quantitative estimate of drug-likeness (QED) is 0.649. The molecule has 4 heteroatoms. The Hall–Kier alpha value is -0.220. The summed E-state index contributed by atoms with van der Waals surface area (Å²) in [4.78, 5) is 0. The Morgan fingerprint density at radius 2 is 1.87 bits per heavy atom. The predicted octanol–water partition coefficient (Wildman–Crippen LogP) is 2.68. The van der Waals surface area contributed by atoms with Crippen LogP contribution in [0.2, 0.25) is 0 Å². The second-order valence-electron chi connectivity index (χ2n) is 3.87. The minimum atomic E-state index is -2.37. The second kappa shape index (κ2) is 9.04. The summed E-state index contributed by atoms with van der Waals surface area (Å²) in [5, 5.41) is 3.32. The zero-order chi connectivity index (χ0) is 11.7. The Morgan fingerprint density at radius 3 is 2.33 bits per heavy atom. The van der Waals surface area contributed by atoms with Gasteiger partial charge >= 0.3 is 0 Å². The Bertz CT molecular complexity index is 145. The lowest BCUT2D eigenvalue weighted by atomic mass is 10.00. The van der Waals surface area contributed by atoms with Crippen molar-refractivity contribution >= 4 is 0 Å². The van der Waals surface area contributed by atoms with Crippen LogP contribution in [0.3, 0.4) is 0 Å². The molecule has 2 unspecified atom stereocenters. The van der Waals surface area contributed by atoms with Gasteiger partial charge in [0.05, 0.1) is 6.61 Å². The summed E-state index contributed by atoms with van der Waals surface area (Å²) >= 11 is 0. The number of ether oxygens (including phenoxy) is 1. The van der Waals surface area contributed by atoms with Crippen molar-refractivity contribution < 1.29 is 13.5 Å². The monoisotopic (exact) mass is 223 g/mol. The lowest BCUT2D eigenvalue weighted by molar-refractivity contribution is 0.00402. The summed E-state index contributed by atoms with van der Waals surface area (Å²) in [6, 6.07) is 0.189. The fourth-order valence-corrected chi connectivity index (χ4v) is 1.32. The summed E-state index contributed by atoms with van der Waals surface area (Å²) in [6.07, 6.45) is -0.296. The Kier molecular flexibility index (Phi) is 8.91. The van der Waals surface area contributed by atoms with Gasteiger partial charge in [-0.2, -0.15) is 0 Å². The zero-order valence-electron chi connectivity index (χ0n) is 9.93. The number of hydrogen-bond donors (Lipinski definition) is 1. The van der Waals surface area contributed by atoms with Gasteiger partial charge in [-0.05, 0) is 18.9 Å². The number of hydrogen-bond acceptors (Lipinski definition) is 2. The van der Waals surface area contributed by atoms with Crippen molar-refractivity contribution in [2.45, 2.75) is 46.1 Å². The molecule has 0 aromatic heterocycles. The molecule has 0 amide bonds. The Morgan fingerprint density at radius 1 is 1.20 bits per heavy atom. The maximum atomic E-state index is 11.9.